The van der Waals surface area contributed by atoms with Crippen LogP contribution in [0, 0.1) is 0 Å². The van der Waals surface area contributed by atoms with E-state index in [1.54, 1.807) is 0 Å². The van der Waals surface area contributed by atoms with Gasteiger partial charge in [0, 0.05) is 7.11 Å². The second-order valence-corrected chi connectivity index (χ2v) is 1.57. The van der Waals surface area contributed by atoms with Crippen molar-refractivity contribution in [3.63, 3.8) is 0 Å². The summed E-state index contributed by atoms with van der Waals surface area (Å²) in [6, 6.07) is 0. The smallest absolute Gasteiger partial charge is 0.548 e. The van der Waals surface area contributed by atoms with Gasteiger partial charge < -0.3 is 29.3 Å². The van der Waals surface area contributed by atoms with E-state index < -0.39 is 24.8 Å². The molecular formula is C5H6O6Sr. The molecule has 1 atom stereocenters. The van der Waals surface area contributed by atoms with Crippen molar-refractivity contribution in [2.45, 2.75) is 6.29 Å². The number of hydrogen-bond acceptors (Lipinski definition) is 6. The van der Waals surface area contributed by atoms with Crippen molar-refractivity contribution < 1.29 is 29.3 Å². The van der Waals surface area contributed by atoms with Crippen LogP contribution < -0.4 is 10.2 Å². The number of aliphatic carboxylic acids is 2. The van der Waals surface area contributed by atoms with Crippen molar-refractivity contribution in [2.24, 2.45) is 0 Å². The molecule has 0 amide bonds. The minimum Gasteiger partial charge on any atom is -0.548 e. The SMILES string of the molecule is CO[C@@H](OCC(=O)[O-])C(=O)[O-].[Sr+2]. The summed E-state index contributed by atoms with van der Waals surface area (Å²) >= 11 is 0. The Morgan fingerprint density at radius 2 is 1.92 bits per heavy atom. The van der Waals surface area contributed by atoms with Gasteiger partial charge in [-0.15, -0.1) is 0 Å². The van der Waals surface area contributed by atoms with E-state index in [-0.39, 0.29) is 45.5 Å². The third-order valence-electron chi connectivity index (χ3n) is 0.759. The molecule has 6 nitrogen and oxygen atoms in total. The molecule has 0 aromatic carbocycles. The number of carbonyl (C=O) groups excluding carboxylic acids is 2. The van der Waals surface area contributed by atoms with Gasteiger partial charge in [0.15, 0.2) is 6.29 Å². The predicted molar refractivity (Wildman–Crippen MR) is 32.5 cm³/mol. The summed E-state index contributed by atoms with van der Waals surface area (Å²) in [6.07, 6.45) is -1.66. The fourth-order valence-electron chi connectivity index (χ4n) is 0.376. The zero-order chi connectivity index (χ0) is 8.85. The van der Waals surface area contributed by atoms with E-state index in [4.69, 9.17) is 0 Å². The molecule has 0 spiro atoms. The second kappa shape index (κ2) is 7.96. The summed E-state index contributed by atoms with van der Waals surface area (Å²) in [5.41, 5.74) is 0. The van der Waals surface area contributed by atoms with Crippen molar-refractivity contribution in [2.75, 3.05) is 13.7 Å². The van der Waals surface area contributed by atoms with E-state index in [2.05, 4.69) is 9.47 Å². The summed E-state index contributed by atoms with van der Waals surface area (Å²) in [6.45, 7) is -0.841. The number of hydrogen-bond donors (Lipinski definition) is 0. The minimum atomic E-state index is -1.66. The summed E-state index contributed by atoms with van der Waals surface area (Å²) in [7, 11) is 1.05. The Morgan fingerprint density at radius 3 is 2.17 bits per heavy atom. The van der Waals surface area contributed by atoms with Gasteiger partial charge in [0.2, 0.25) is 0 Å². The molecule has 0 heterocycles. The van der Waals surface area contributed by atoms with Gasteiger partial charge >= 0.3 is 45.5 Å². The molecule has 64 valence electrons. The monoisotopic (exact) mass is 250 g/mol. The predicted octanol–water partition coefficient (Wildman–Crippen LogP) is -3.91. The van der Waals surface area contributed by atoms with E-state index in [1.807, 2.05) is 0 Å². The average Bonchev–Trinajstić information content (AvgIpc) is 1.87. The van der Waals surface area contributed by atoms with Gasteiger partial charge in [0.05, 0.1) is 18.5 Å². The van der Waals surface area contributed by atoms with Crippen molar-refractivity contribution in [1.29, 1.82) is 0 Å². The molecule has 0 aromatic heterocycles. The normalized spacial score (nSPS) is 11.4. The van der Waals surface area contributed by atoms with Crippen molar-refractivity contribution in [3.05, 3.63) is 0 Å². The summed E-state index contributed by atoms with van der Waals surface area (Å²) in [5.74, 6) is -3.15. The fourth-order valence-corrected chi connectivity index (χ4v) is 0.376. The maximum atomic E-state index is 9.97. The zero-order valence-corrected chi connectivity index (χ0v) is 9.92. The summed E-state index contributed by atoms with van der Waals surface area (Å²) in [5, 5.41) is 19.7. The van der Waals surface area contributed by atoms with Gasteiger partial charge in [-0.3, -0.25) is 0 Å². The van der Waals surface area contributed by atoms with Gasteiger partial charge in [0.1, 0.15) is 0 Å². The van der Waals surface area contributed by atoms with Crippen LogP contribution in [-0.2, 0) is 19.1 Å². The molecular weight excluding hydrogens is 244 g/mol. The summed E-state index contributed by atoms with van der Waals surface area (Å²) in [4.78, 5) is 19.7. The molecule has 0 saturated heterocycles. The molecule has 0 fully saturated rings. The van der Waals surface area contributed by atoms with E-state index in [9.17, 15) is 19.8 Å². The van der Waals surface area contributed by atoms with Gasteiger partial charge in [0.25, 0.3) is 0 Å². The molecule has 0 N–H and O–H groups in total. The molecule has 0 rings (SSSR count). The Kier molecular flexibility index (Phi) is 9.85. The molecule has 0 aromatic rings. The van der Waals surface area contributed by atoms with Crippen LogP contribution >= 0.6 is 0 Å². The van der Waals surface area contributed by atoms with Crippen LogP contribution in [0.3, 0.4) is 0 Å². The number of carbonyl (C=O) groups is 2. The van der Waals surface area contributed by atoms with Crippen LogP contribution in [0.5, 0.6) is 0 Å². The third kappa shape index (κ3) is 7.01. The maximum Gasteiger partial charge on any atom is 2.00 e. The second-order valence-electron chi connectivity index (χ2n) is 1.57. The van der Waals surface area contributed by atoms with Crippen molar-refractivity contribution in [3.8, 4) is 0 Å². The third-order valence-corrected chi connectivity index (χ3v) is 0.759. The van der Waals surface area contributed by atoms with E-state index in [1.165, 1.54) is 0 Å². The Bertz CT molecular complexity index is 158. The molecule has 7 heteroatoms. The number of carboxylic acids is 2. The first-order valence-corrected chi connectivity index (χ1v) is 2.63. The Hall–Kier alpha value is 0.341. The zero-order valence-electron chi connectivity index (χ0n) is 6.44. The number of carboxylic acid groups (broad SMARTS) is 2. The molecule has 0 aliphatic rings. The van der Waals surface area contributed by atoms with Gasteiger partial charge in [-0.25, -0.2) is 0 Å². The van der Waals surface area contributed by atoms with Crippen LogP contribution in [0.1, 0.15) is 0 Å². The number of ether oxygens (including phenoxy) is 2. The van der Waals surface area contributed by atoms with Crippen LogP contribution in [0.15, 0.2) is 0 Å². The molecule has 0 unspecified atom stereocenters. The maximum absolute atomic E-state index is 9.97. The largest absolute Gasteiger partial charge is 2.00 e. The molecule has 0 radical (unpaired) electrons. The van der Waals surface area contributed by atoms with Crippen LogP contribution in [-0.4, -0.2) is 77.4 Å². The van der Waals surface area contributed by atoms with Gasteiger partial charge in [-0.1, -0.05) is 0 Å². The molecule has 0 bridgehead atoms. The Balaban J connectivity index is 0. The molecule has 0 saturated carbocycles. The van der Waals surface area contributed by atoms with E-state index in [0.717, 1.165) is 7.11 Å². The topological polar surface area (TPSA) is 98.7 Å². The minimum absolute atomic E-state index is 0. The standard InChI is InChI=1S/C5H8O6.Sr/c1-10-5(4(8)9)11-2-3(6)7;/h5H,2H2,1H3,(H,6,7)(H,8,9);/q;+2/p-2/t5-;/m0./s1. The van der Waals surface area contributed by atoms with Gasteiger partial charge in [-0.05, 0) is 0 Å². The summed E-state index contributed by atoms with van der Waals surface area (Å²) < 4.78 is 8.35. The van der Waals surface area contributed by atoms with Crippen LogP contribution in [0.25, 0.3) is 0 Å². The van der Waals surface area contributed by atoms with Crippen LogP contribution in [0.4, 0.5) is 0 Å². The van der Waals surface area contributed by atoms with Crippen LogP contribution in [0.2, 0.25) is 0 Å². The molecule has 12 heavy (non-hydrogen) atoms. The molecule has 0 aliphatic heterocycles. The van der Waals surface area contributed by atoms with Gasteiger partial charge in [-0.2, -0.15) is 0 Å². The first-order chi connectivity index (χ1) is 5.07. The Morgan fingerprint density at radius 1 is 1.42 bits per heavy atom. The first-order valence-electron chi connectivity index (χ1n) is 2.63. The quantitative estimate of drug-likeness (QED) is 0.365. The van der Waals surface area contributed by atoms with E-state index in [0.29, 0.717) is 0 Å². The Labute approximate surface area is 106 Å². The first kappa shape index (κ1) is 14.8. The van der Waals surface area contributed by atoms with Crippen molar-refractivity contribution >= 4 is 57.4 Å². The number of rotatable bonds is 5. The van der Waals surface area contributed by atoms with E-state index >= 15 is 0 Å². The average molecular weight is 250 g/mol. The van der Waals surface area contributed by atoms with Crippen molar-refractivity contribution in [1.82, 2.24) is 0 Å². The number of methoxy groups -OCH3 is 1. The fraction of sp³-hybridized carbons (Fsp3) is 0.600. The molecule has 0 aliphatic carbocycles.